The van der Waals surface area contributed by atoms with Gasteiger partial charge < -0.3 is 10.6 Å². The molecule has 2 aromatic carbocycles. The van der Waals surface area contributed by atoms with E-state index in [0.29, 0.717) is 5.69 Å². The summed E-state index contributed by atoms with van der Waals surface area (Å²) in [5.74, 6) is -0.579. The number of carbonyl (C=O) groups excluding carboxylic acids is 2. The van der Waals surface area contributed by atoms with Crippen LogP contribution in [0.15, 0.2) is 42.5 Å². The molecular formula is C21H23N5O2. The highest BCUT2D eigenvalue weighted by Crippen LogP contribution is 2.20. The van der Waals surface area contributed by atoms with Gasteiger partial charge in [0.2, 0.25) is 5.91 Å². The summed E-state index contributed by atoms with van der Waals surface area (Å²) in [7, 11) is 0. The summed E-state index contributed by atoms with van der Waals surface area (Å²) in [5.41, 5.74) is 5.15. The molecule has 2 amide bonds. The molecule has 3 aromatic rings. The second-order valence-corrected chi connectivity index (χ2v) is 6.77. The molecule has 7 nitrogen and oxygen atoms in total. The van der Waals surface area contributed by atoms with Crippen LogP contribution < -0.4 is 10.6 Å². The molecule has 0 unspecified atom stereocenters. The first kappa shape index (κ1) is 19.3. The number of hydrogen-bond acceptors (Lipinski definition) is 4. The zero-order valence-electron chi connectivity index (χ0n) is 16.4. The third kappa shape index (κ3) is 4.09. The Morgan fingerprint density at radius 1 is 0.893 bits per heavy atom. The minimum absolute atomic E-state index is 0.0240. The molecule has 0 aliphatic carbocycles. The van der Waals surface area contributed by atoms with Gasteiger partial charge in [-0.15, -0.1) is 5.10 Å². The number of hydrogen-bond donors (Lipinski definition) is 2. The lowest BCUT2D eigenvalue weighted by atomic mass is 10.1. The van der Waals surface area contributed by atoms with Gasteiger partial charge in [0.1, 0.15) is 6.54 Å². The smallest absolute Gasteiger partial charge is 0.278 e. The Hall–Kier alpha value is -3.48. The van der Waals surface area contributed by atoms with Crippen molar-refractivity contribution >= 4 is 23.2 Å². The molecule has 2 N–H and O–H groups in total. The molecular weight excluding hydrogens is 354 g/mol. The fraction of sp³-hybridized carbons (Fsp3) is 0.238. The number of rotatable bonds is 5. The van der Waals surface area contributed by atoms with Gasteiger partial charge >= 0.3 is 0 Å². The van der Waals surface area contributed by atoms with E-state index in [1.54, 1.807) is 6.92 Å². The fourth-order valence-corrected chi connectivity index (χ4v) is 2.94. The van der Waals surface area contributed by atoms with Crippen molar-refractivity contribution in [3.63, 3.8) is 0 Å². The largest absolute Gasteiger partial charge is 0.324 e. The van der Waals surface area contributed by atoms with Crippen molar-refractivity contribution in [2.75, 3.05) is 10.6 Å². The van der Waals surface area contributed by atoms with Gasteiger partial charge in [-0.05, 0) is 50.5 Å². The molecule has 0 saturated carbocycles. The second-order valence-electron chi connectivity index (χ2n) is 6.77. The van der Waals surface area contributed by atoms with E-state index in [9.17, 15) is 9.59 Å². The Kier molecular flexibility index (Phi) is 5.54. The summed E-state index contributed by atoms with van der Waals surface area (Å²) in [5, 5.41) is 13.7. The maximum absolute atomic E-state index is 12.6. The average molecular weight is 377 g/mol. The van der Waals surface area contributed by atoms with Crippen molar-refractivity contribution < 1.29 is 9.59 Å². The molecule has 0 spiro atoms. The van der Waals surface area contributed by atoms with Crippen LogP contribution in [0.1, 0.15) is 32.9 Å². The first-order chi connectivity index (χ1) is 13.4. The highest BCUT2D eigenvalue weighted by atomic mass is 16.2. The van der Waals surface area contributed by atoms with Crippen LogP contribution in [0.5, 0.6) is 0 Å². The van der Waals surface area contributed by atoms with Crippen molar-refractivity contribution in [2.45, 2.75) is 34.2 Å². The third-order valence-corrected chi connectivity index (χ3v) is 4.63. The third-order valence-electron chi connectivity index (χ3n) is 4.63. The van der Waals surface area contributed by atoms with Crippen LogP contribution in [0.3, 0.4) is 0 Å². The molecule has 7 heteroatoms. The highest BCUT2D eigenvalue weighted by molar-refractivity contribution is 6.04. The lowest BCUT2D eigenvalue weighted by Gasteiger charge is -2.11. The van der Waals surface area contributed by atoms with Gasteiger partial charge in [0.15, 0.2) is 5.69 Å². The monoisotopic (exact) mass is 377 g/mol. The predicted octanol–water partition coefficient (Wildman–Crippen LogP) is 3.40. The number of benzene rings is 2. The summed E-state index contributed by atoms with van der Waals surface area (Å²) in [6.07, 6.45) is 0. The molecule has 1 aromatic heterocycles. The van der Waals surface area contributed by atoms with E-state index >= 15 is 0 Å². The van der Waals surface area contributed by atoms with Gasteiger partial charge in [0, 0.05) is 11.4 Å². The van der Waals surface area contributed by atoms with Crippen molar-refractivity contribution in [3.8, 4) is 0 Å². The Labute approximate surface area is 163 Å². The molecule has 0 bridgehead atoms. The predicted molar refractivity (Wildman–Crippen MR) is 108 cm³/mol. The van der Waals surface area contributed by atoms with Crippen LogP contribution in [0.2, 0.25) is 0 Å². The van der Waals surface area contributed by atoms with Gasteiger partial charge in [-0.3, -0.25) is 9.59 Å². The number of amides is 2. The van der Waals surface area contributed by atoms with Gasteiger partial charge in [0.05, 0.1) is 5.69 Å². The van der Waals surface area contributed by atoms with Crippen LogP contribution in [-0.4, -0.2) is 26.8 Å². The van der Waals surface area contributed by atoms with Crippen molar-refractivity contribution in [3.05, 3.63) is 70.5 Å². The number of carbonyl (C=O) groups is 2. The van der Waals surface area contributed by atoms with Gasteiger partial charge in [-0.2, -0.15) is 0 Å². The maximum atomic E-state index is 12.6. The van der Waals surface area contributed by atoms with E-state index < -0.39 is 0 Å². The Bertz CT molecular complexity index is 1020. The fourth-order valence-electron chi connectivity index (χ4n) is 2.94. The standard InChI is InChI=1S/C21H23N5O2/c1-13-8-5-6-11-17(13)22-18(27)12-26-16(4)20(24-25-26)21(28)23-19-14(2)9-7-10-15(19)3/h5-11H,12H2,1-4H3,(H,22,27)(H,23,28). The molecule has 0 aliphatic heterocycles. The highest BCUT2D eigenvalue weighted by Gasteiger charge is 2.19. The van der Waals surface area contributed by atoms with Crippen LogP contribution in [0.25, 0.3) is 0 Å². The molecule has 0 saturated heterocycles. The van der Waals surface area contributed by atoms with E-state index in [1.165, 1.54) is 4.68 Å². The molecule has 0 radical (unpaired) electrons. The number of nitrogens with one attached hydrogen (secondary N) is 2. The molecule has 0 aliphatic rings. The Balaban J connectivity index is 1.72. The molecule has 0 atom stereocenters. The number of para-hydroxylation sites is 2. The number of aromatic nitrogens is 3. The summed E-state index contributed by atoms with van der Waals surface area (Å²) < 4.78 is 1.42. The van der Waals surface area contributed by atoms with Gasteiger partial charge in [0.25, 0.3) is 5.91 Å². The van der Waals surface area contributed by atoms with Crippen LogP contribution in [-0.2, 0) is 11.3 Å². The topological polar surface area (TPSA) is 88.9 Å². The van der Waals surface area contributed by atoms with Crippen molar-refractivity contribution in [1.82, 2.24) is 15.0 Å². The van der Waals surface area contributed by atoms with E-state index in [0.717, 1.165) is 28.1 Å². The first-order valence-corrected chi connectivity index (χ1v) is 9.00. The molecule has 0 fully saturated rings. The van der Waals surface area contributed by atoms with Crippen molar-refractivity contribution in [1.29, 1.82) is 0 Å². The van der Waals surface area contributed by atoms with Crippen LogP contribution in [0.4, 0.5) is 11.4 Å². The number of anilines is 2. The maximum Gasteiger partial charge on any atom is 0.278 e. The Morgan fingerprint density at radius 3 is 2.21 bits per heavy atom. The molecule has 144 valence electrons. The van der Waals surface area contributed by atoms with Crippen LogP contribution >= 0.6 is 0 Å². The molecule has 3 rings (SSSR count). The van der Waals surface area contributed by atoms with E-state index in [-0.39, 0.29) is 24.1 Å². The van der Waals surface area contributed by atoms with Crippen molar-refractivity contribution in [2.24, 2.45) is 0 Å². The number of nitrogens with zero attached hydrogens (tertiary/aromatic N) is 3. The van der Waals surface area contributed by atoms with E-state index in [4.69, 9.17) is 0 Å². The van der Waals surface area contributed by atoms with E-state index in [1.807, 2.05) is 63.2 Å². The minimum atomic E-state index is -0.347. The molecule has 28 heavy (non-hydrogen) atoms. The normalized spacial score (nSPS) is 10.6. The zero-order valence-corrected chi connectivity index (χ0v) is 16.4. The first-order valence-electron chi connectivity index (χ1n) is 9.00. The lowest BCUT2D eigenvalue weighted by Crippen LogP contribution is -2.21. The summed E-state index contributed by atoms with van der Waals surface area (Å²) >= 11 is 0. The summed E-state index contributed by atoms with van der Waals surface area (Å²) in [6.45, 7) is 7.49. The van der Waals surface area contributed by atoms with E-state index in [2.05, 4.69) is 20.9 Å². The average Bonchev–Trinajstić information content (AvgIpc) is 3.01. The Morgan fingerprint density at radius 2 is 1.54 bits per heavy atom. The lowest BCUT2D eigenvalue weighted by molar-refractivity contribution is -0.117. The summed E-state index contributed by atoms with van der Waals surface area (Å²) in [6, 6.07) is 13.3. The van der Waals surface area contributed by atoms with Crippen LogP contribution in [0, 0.1) is 27.7 Å². The number of aryl methyl sites for hydroxylation is 3. The molecule has 1 heterocycles. The SMILES string of the molecule is Cc1ccccc1NC(=O)Cn1nnc(C(=O)Nc2c(C)cccc2C)c1C. The quantitative estimate of drug-likeness (QED) is 0.713. The zero-order chi connectivity index (χ0) is 20.3. The summed E-state index contributed by atoms with van der Waals surface area (Å²) in [4.78, 5) is 25.0. The van der Waals surface area contributed by atoms with Gasteiger partial charge in [-0.1, -0.05) is 41.6 Å². The van der Waals surface area contributed by atoms with Gasteiger partial charge in [-0.25, -0.2) is 4.68 Å². The minimum Gasteiger partial charge on any atom is -0.324 e. The second kappa shape index (κ2) is 8.04.